The fourth-order valence-corrected chi connectivity index (χ4v) is 3.45. The predicted octanol–water partition coefficient (Wildman–Crippen LogP) is 3.87. The quantitative estimate of drug-likeness (QED) is 0.570. The van der Waals surface area contributed by atoms with Gasteiger partial charge in [-0.15, -0.1) is 0 Å². The number of hydrogen-bond acceptors (Lipinski definition) is 2. The maximum Gasteiger partial charge on any atom is 0.253 e. The van der Waals surface area contributed by atoms with Gasteiger partial charge in [0.2, 0.25) is 0 Å². The van der Waals surface area contributed by atoms with E-state index in [-0.39, 0.29) is 11.8 Å². The normalized spacial score (nSPS) is 10.8. The summed E-state index contributed by atoms with van der Waals surface area (Å²) in [4.78, 5) is 28.8. The Balaban J connectivity index is 1.61. The molecule has 6 nitrogen and oxygen atoms in total. The van der Waals surface area contributed by atoms with Gasteiger partial charge in [-0.2, -0.15) is 0 Å². The number of hydrogen-bond donors (Lipinski definition) is 0. The van der Waals surface area contributed by atoms with E-state index in [4.69, 9.17) is 0 Å². The Bertz CT molecular complexity index is 919. The summed E-state index contributed by atoms with van der Waals surface area (Å²) in [6.45, 7) is 7.08. The van der Waals surface area contributed by atoms with Crippen LogP contribution in [0.5, 0.6) is 0 Å². The predicted molar refractivity (Wildman–Crippen MR) is 118 cm³/mol. The van der Waals surface area contributed by atoms with Gasteiger partial charge < -0.3 is 18.9 Å². The first-order chi connectivity index (χ1) is 14.4. The fraction of sp³-hybridized carbons (Fsp3) is 0.333. The molecule has 0 aliphatic heterocycles. The minimum Gasteiger partial charge on any atom is -0.354 e. The molecule has 3 aromatic rings. The molecule has 2 amide bonds. The van der Waals surface area contributed by atoms with Crippen molar-refractivity contribution in [3.05, 3.63) is 83.4 Å². The molecule has 0 saturated heterocycles. The molecular weight excluding hydrogens is 376 g/mol. The van der Waals surface area contributed by atoms with E-state index in [1.807, 2.05) is 24.5 Å². The Labute approximate surface area is 178 Å². The molecule has 0 unspecified atom stereocenters. The van der Waals surface area contributed by atoms with Crippen molar-refractivity contribution in [2.45, 2.75) is 40.0 Å². The van der Waals surface area contributed by atoms with Crippen LogP contribution >= 0.6 is 0 Å². The van der Waals surface area contributed by atoms with Crippen molar-refractivity contribution >= 4 is 11.8 Å². The van der Waals surface area contributed by atoms with Crippen molar-refractivity contribution in [2.75, 3.05) is 14.1 Å². The van der Waals surface area contributed by atoms with Gasteiger partial charge in [0.15, 0.2) is 0 Å². The molecular formula is C24H30N4O2. The summed E-state index contributed by atoms with van der Waals surface area (Å²) in [5, 5.41) is 0. The van der Waals surface area contributed by atoms with E-state index < -0.39 is 0 Å². The number of rotatable bonds is 8. The van der Waals surface area contributed by atoms with Crippen LogP contribution in [0, 0.1) is 0 Å². The molecule has 0 bridgehead atoms. The second-order valence-corrected chi connectivity index (χ2v) is 7.60. The first kappa shape index (κ1) is 21.4. The second-order valence-electron chi connectivity index (χ2n) is 7.60. The molecule has 30 heavy (non-hydrogen) atoms. The van der Waals surface area contributed by atoms with Crippen LogP contribution in [0.3, 0.4) is 0 Å². The summed E-state index contributed by atoms with van der Waals surface area (Å²) >= 11 is 0. The summed E-state index contributed by atoms with van der Waals surface area (Å²) in [6.07, 6.45) is 8.13. The van der Waals surface area contributed by atoms with Gasteiger partial charge in [-0.25, -0.2) is 0 Å². The molecule has 158 valence electrons. The average molecular weight is 407 g/mol. The number of aromatic nitrogens is 2. The lowest BCUT2D eigenvalue weighted by molar-refractivity contribution is 0.0773. The zero-order valence-corrected chi connectivity index (χ0v) is 18.2. The molecule has 1 aromatic carbocycles. The average Bonchev–Trinajstić information content (AvgIpc) is 3.41. The van der Waals surface area contributed by atoms with Crippen molar-refractivity contribution < 1.29 is 9.59 Å². The SMILES string of the molecule is CCn1ccc(CN(C)C(=O)c2ccc(C(=O)N(C)Cc3ccn(CC)c3)cc2)c1. The van der Waals surface area contributed by atoms with Gasteiger partial charge >= 0.3 is 0 Å². The van der Waals surface area contributed by atoms with Gasteiger partial charge in [0.25, 0.3) is 11.8 Å². The molecule has 2 aromatic heterocycles. The van der Waals surface area contributed by atoms with E-state index in [2.05, 4.69) is 35.4 Å². The number of benzene rings is 1. The smallest absolute Gasteiger partial charge is 0.253 e. The van der Waals surface area contributed by atoms with Gasteiger partial charge in [-0.05, 0) is 61.4 Å². The highest BCUT2D eigenvalue weighted by atomic mass is 16.2. The zero-order chi connectivity index (χ0) is 21.7. The Morgan fingerprint density at radius 3 is 1.37 bits per heavy atom. The Hall–Kier alpha value is -3.28. The van der Waals surface area contributed by atoms with Gasteiger partial charge in [0, 0.05) is 76.2 Å². The number of carbonyl (C=O) groups excluding carboxylic acids is 2. The number of aryl methyl sites for hydroxylation is 2. The topological polar surface area (TPSA) is 50.5 Å². The maximum atomic E-state index is 12.7. The maximum absolute atomic E-state index is 12.7. The highest BCUT2D eigenvalue weighted by molar-refractivity contribution is 5.97. The molecule has 6 heteroatoms. The minimum atomic E-state index is -0.0625. The molecule has 0 saturated carbocycles. The lowest BCUT2D eigenvalue weighted by Crippen LogP contribution is -2.27. The monoisotopic (exact) mass is 406 g/mol. The standard InChI is InChI=1S/C24H30N4O2/c1-5-27-13-11-19(17-27)15-25(3)23(29)21-7-9-22(10-8-21)24(30)26(4)16-20-12-14-28(6-2)18-20/h7-14,17-18H,5-6,15-16H2,1-4H3. The summed E-state index contributed by atoms with van der Waals surface area (Å²) in [7, 11) is 3.59. The summed E-state index contributed by atoms with van der Waals surface area (Å²) < 4.78 is 4.17. The Morgan fingerprint density at radius 1 is 0.700 bits per heavy atom. The third kappa shape index (κ3) is 5.00. The van der Waals surface area contributed by atoms with Crippen molar-refractivity contribution in [1.29, 1.82) is 0 Å². The van der Waals surface area contributed by atoms with E-state index in [0.717, 1.165) is 24.2 Å². The van der Waals surface area contributed by atoms with Crippen LogP contribution in [0.1, 0.15) is 45.7 Å². The van der Waals surface area contributed by atoms with Crippen LogP contribution in [-0.2, 0) is 26.2 Å². The van der Waals surface area contributed by atoms with Crippen molar-refractivity contribution in [2.24, 2.45) is 0 Å². The summed E-state index contributed by atoms with van der Waals surface area (Å²) in [5.41, 5.74) is 3.34. The molecule has 0 spiro atoms. The Morgan fingerprint density at radius 2 is 1.07 bits per heavy atom. The minimum absolute atomic E-state index is 0.0625. The summed E-state index contributed by atoms with van der Waals surface area (Å²) in [5.74, 6) is -0.125. The number of amides is 2. The molecule has 0 aliphatic rings. The van der Waals surface area contributed by atoms with Crippen molar-refractivity contribution in [1.82, 2.24) is 18.9 Å². The van der Waals surface area contributed by atoms with Crippen LogP contribution < -0.4 is 0 Å². The van der Waals surface area contributed by atoms with E-state index in [9.17, 15) is 9.59 Å². The van der Waals surface area contributed by atoms with Crippen LogP contribution in [0.2, 0.25) is 0 Å². The van der Waals surface area contributed by atoms with Crippen LogP contribution in [0.4, 0.5) is 0 Å². The van der Waals surface area contributed by atoms with Crippen molar-refractivity contribution in [3.8, 4) is 0 Å². The van der Waals surface area contributed by atoms with Crippen LogP contribution in [-0.4, -0.2) is 44.8 Å². The van der Waals surface area contributed by atoms with Gasteiger partial charge in [-0.1, -0.05) is 0 Å². The molecule has 0 aliphatic carbocycles. The lowest BCUT2D eigenvalue weighted by atomic mass is 10.1. The van der Waals surface area contributed by atoms with Gasteiger partial charge in [0.1, 0.15) is 0 Å². The first-order valence-electron chi connectivity index (χ1n) is 10.3. The first-order valence-corrected chi connectivity index (χ1v) is 10.3. The van der Waals surface area contributed by atoms with Crippen LogP contribution in [0.15, 0.2) is 61.2 Å². The molecule has 0 fully saturated rings. The molecule has 3 rings (SSSR count). The van der Waals surface area contributed by atoms with Crippen molar-refractivity contribution in [3.63, 3.8) is 0 Å². The largest absolute Gasteiger partial charge is 0.354 e. The molecule has 2 heterocycles. The van der Waals surface area contributed by atoms with Crippen LogP contribution in [0.25, 0.3) is 0 Å². The molecule has 0 atom stereocenters. The van der Waals surface area contributed by atoms with Gasteiger partial charge in [0.05, 0.1) is 0 Å². The van der Waals surface area contributed by atoms with E-state index in [0.29, 0.717) is 24.2 Å². The van der Waals surface area contributed by atoms with E-state index in [1.165, 1.54) is 0 Å². The zero-order valence-electron chi connectivity index (χ0n) is 18.2. The van der Waals surface area contributed by atoms with Gasteiger partial charge in [-0.3, -0.25) is 9.59 Å². The third-order valence-corrected chi connectivity index (χ3v) is 5.27. The Kier molecular flexibility index (Phi) is 6.77. The van der Waals surface area contributed by atoms with E-state index in [1.54, 1.807) is 48.2 Å². The van der Waals surface area contributed by atoms with E-state index >= 15 is 0 Å². The second kappa shape index (κ2) is 9.48. The molecule has 0 N–H and O–H groups in total. The third-order valence-electron chi connectivity index (χ3n) is 5.27. The summed E-state index contributed by atoms with van der Waals surface area (Å²) in [6, 6.07) is 11.0. The highest BCUT2D eigenvalue weighted by Crippen LogP contribution is 2.13. The fourth-order valence-electron chi connectivity index (χ4n) is 3.45. The highest BCUT2D eigenvalue weighted by Gasteiger charge is 2.16. The number of nitrogens with zero attached hydrogens (tertiary/aromatic N) is 4. The number of carbonyl (C=O) groups is 2. The molecule has 0 radical (unpaired) electrons. The lowest BCUT2D eigenvalue weighted by Gasteiger charge is -2.18.